The third-order valence-corrected chi connectivity index (χ3v) is 2.09. The van der Waals surface area contributed by atoms with Gasteiger partial charge in [0.25, 0.3) is 0 Å². The molecule has 0 radical (unpaired) electrons. The summed E-state index contributed by atoms with van der Waals surface area (Å²) in [5.41, 5.74) is 1.21. The van der Waals surface area contributed by atoms with Crippen LogP contribution in [0, 0.1) is 0 Å². The Hall–Kier alpha value is -1.31. The molecule has 0 aliphatic rings. The SMILES string of the molecule is C=C/C=C\C(=C/C)C[C@@H](C)NC(=O)CC. The molecule has 1 N–H and O–H groups in total. The number of allylic oxidation sites excluding steroid dienone is 4. The third kappa shape index (κ3) is 6.72. The molecule has 2 heteroatoms. The molecule has 0 saturated carbocycles. The predicted octanol–water partition coefficient (Wildman–Crippen LogP) is 2.98. The summed E-state index contributed by atoms with van der Waals surface area (Å²) in [5, 5.41) is 2.93. The van der Waals surface area contributed by atoms with Gasteiger partial charge in [-0.2, -0.15) is 0 Å². The van der Waals surface area contributed by atoms with Crippen molar-refractivity contribution in [3.63, 3.8) is 0 Å². The van der Waals surface area contributed by atoms with Gasteiger partial charge in [-0.3, -0.25) is 4.79 Å². The molecule has 2 nitrogen and oxygen atoms in total. The van der Waals surface area contributed by atoms with Crippen molar-refractivity contribution in [1.29, 1.82) is 0 Å². The highest BCUT2D eigenvalue weighted by molar-refractivity contribution is 5.75. The van der Waals surface area contributed by atoms with Crippen molar-refractivity contribution in [1.82, 2.24) is 5.32 Å². The summed E-state index contributed by atoms with van der Waals surface area (Å²) in [6, 6.07) is 0.179. The Morgan fingerprint density at radius 1 is 1.53 bits per heavy atom. The minimum absolute atomic E-state index is 0.102. The van der Waals surface area contributed by atoms with Gasteiger partial charge in [0, 0.05) is 12.5 Å². The average molecular weight is 207 g/mol. The fourth-order valence-corrected chi connectivity index (χ4v) is 1.26. The maximum absolute atomic E-state index is 11.1. The number of rotatable bonds is 6. The Bertz CT molecular complexity index is 264. The van der Waals surface area contributed by atoms with Crippen molar-refractivity contribution in [3.05, 3.63) is 36.5 Å². The molecule has 84 valence electrons. The van der Waals surface area contributed by atoms with E-state index >= 15 is 0 Å². The molecular formula is C13H21NO. The highest BCUT2D eigenvalue weighted by Gasteiger charge is 2.05. The topological polar surface area (TPSA) is 29.1 Å². The molecule has 1 amide bonds. The van der Waals surface area contributed by atoms with E-state index in [-0.39, 0.29) is 11.9 Å². The van der Waals surface area contributed by atoms with Gasteiger partial charge in [0.15, 0.2) is 0 Å². The number of carbonyl (C=O) groups is 1. The molecule has 0 bridgehead atoms. The second kappa shape index (κ2) is 8.04. The van der Waals surface area contributed by atoms with Gasteiger partial charge in [-0.05, 0) is 20.3 Å². The van der Waals surface area contributed by atoms with Crippen LogP contribution in [0.1, 0.15) is 33.6 Å². The molecular weight excluding hydrogens is 186 g/mol. The molecule has 0 spiro atoms. The second-order valence-electron chi connectivity index (χ2n) is 3.48. The number of nitrogens with one attached hydrogen (secondary N) is 1. The first-order valence-electron chi connectivity index (χ1n) is 5.37. The van der Waals surface area contributed by atoms with Gasteiger partial charge < -0.3 is 5.32 Å². The Morgan fingerprint density at radius 3 is 2.67 bits per heavy atom. The summed E-state index contributed by atoms with van der Waals surface area (Å²) < 4.78 is 0. The van der Waals surface area contributed by atoms with Crippen LogP contribution >= 0.6 is 0 Å². The van der Waals surface area contributed by atoms with Crippen molar-refractivity contribution in [3.8, 4) is 0 Å². The molecule has 0 fully saturated rings. The lowest BCUT2D eigenvalue weighted by molar-refractivity contribution is -0.121. The average Bonchev–Trinajstić information content (AvgIpc) is 2.23. The zero-order valence-electron chi connectivity index (χ0n) is 9.92. The van der Waals surface area contributed by atoms with E-state index < -0.39 is 0 Å². The standard InChI is InChI=1S/C13H21NO/c1-5-8-9-12(6-2)10-11(4)14-13(15)7-3/h5-6,8-9,11H,1,7,10H2,2-4H3,(H,14,15)/b9-8-,12-6+/t11-/m1/s1. The second-order valence-corrected chi connectivity index (χ2v) is 3.48. The van der Waals surface area contributed by atoms with Gasteiger partial charge in [-0.1, -0.05) is 43.4 Å². The summed E-state index contributed by atoms with van der Waals surface area (Å²) in [7, 11) is 0. The van der Waals surface area contributed by atoms with Crippen molar-refractivity contribution < 1.29 is 4.79 Å². The zero-order chi connectivity index (χ0) is 11.7. The van der Waals surface area contributed by atoms with E-state index in [0.29, 0.717) is 6.42 Å². The number of hydrogen-bond donors (Lipinski definition) is 1. The van der Waals surface area contributed by atoms with Gasteiger partial charge in [0.05, 0.1) is 0 Å². The summed E-state index contributed by atoms with van der Waals surface area (Å²) in [5.74, 6) is 0.102. The maximum Gasteiger partial charge on any atom is 0.219 e. The highest BCUT2D eigenvalue weighted by atomic mass is 16.1. The largest absolute Gasteiger partial charge is 0.353 e. The first kappa shape index (κ1) is 13.7. The minimum atomic E-state index is 0.102. The van der Waals surface area contributed by atoms with Crippen LogP contribution in [0.2, 0.25) is 0 Å². The van der Waals surface area contributed by atoms with Crippen molar-refractivity contribution in [2.24, 2.45) is 0 Å². The molecule has 15 heavy (non-hydrogen) atoms. The molecule has 0 heterocycles. The fourth-order valence-electron chi connectivity index (χ4n) is 1.26. The molecule has 0 aromatic carbocycles. The maximum atomic E-state index is 11.1. The van der Waals surface area contributed by atoms with Gasteiger partial charge >= 0.3 is 0 Å². The van der Waals surface area contributed by atoms with Crippen molar-refractivity contribution in [2.75, 3.05) is 0 Å². The van der Waals surface area contributed by atoms with Crippen molar-refractivity contribution in [2.45, 2.75) is 39.7 Å². The molecule has 0 rings (SSSR count). The quantitative estimate of drug-likeness (QED) is 0.666. The van der Waals surface area contributed by atoms with E-state index in [4.69, 9.17) is 0 Å². The van der Waals surface area contributed by atoms with E-state index in [1.807, 2.05) is 32.9 Å². The number of amides is 1. The monoisotopic (exact) mass is 207 g/mol. The number of hydrogen-bond acceptors (Lipinski definition) is 1. The van der Waals surface area contributed by atoms with E-state index in [0.717, 1.165) is 6.42 Å². The van der Waals surface area contributed by atoms with Crippen LogP contribution in [0.3, 0.4) is 0 Å². The van der Waals surface area contributed by atoms with Gasteiger partial charge in [-0.15, -0.1) is 0 Å². The van der Waals surface area contributed by atoms with Crippen molar-refractivity contribution >= 4 is 5.91 Å². The molecule has 0 aromatic heterocycles. The molecule has 0 saturated heterocycles. The van der Waals surface area contributed by atoms with Crippen LogP contribution in [0.5, 0.6) is 0 Å². The smallest absolute Gasteiger partial charge is 0.219 e. The predicted molar refractivity (Wildman–Crippen MR) is 65.6 cm³/mol. The van der Waals surface area contributed by atoms with Crippen LogP contribution < -0.4 is 5.32 Å². The molecule has 0 aliphatic carbocycles. The molecule has 1 atom stereocenters. The van der Waals surface area contributed by atoms with Crippen LogP contribution in [0.25, 0.3) is 0 Å². The Balaban J connectivity index is 4.13. The van der Waals surface area contributed by atoms with Crippen LogP contribution in [0.15, 0.2) is 36.5 Å². The molecule has 0 unspecified atom stereocenters. The third-order valence-electron chi connectivity index (χ3n) is 2.09. The van der Waals surface area contributed by atoms with E-state index in [1.54, 1.807) is 6.08 Å². The number of carbonyl (C=O) groups excluding carboxylic acids is 1. The molecule has 0 aromatic rings. The summed E-state index contributed by atoms with van der Waals surface area (Å²) in [6.07, 6.45) is 9.11. The Morgan fingerprint density at radius 2 is 2.20 bits per heavy atom. The zero-order valence-corrected chi connectivity index (χ0v) is 9.92. The lowest BCUT2D eigenvalue weighted by Crippen LogP contribution is -2.32. The van der Waals surface area contributed by atoms with Crippen LogP contribution in [-0.2, 0) is 4.79 Å². The Kier molecular flexibility index (Phi) is 7.33. The lowest BCUT2D eigenvalue weighted by Gasteiger charge is -2.13. The first-order chi connectivity index (χ1) is 7.13. The van der Waals surface area contributed by atoms with E-state index in [1.165, 1.54) is 5.57 Å². The minimum Gasteiger partial charge on any atom is -0.353 e. The summed E-state index contributed by atoms with van der Waals surface area (Å²) >= 11 is 0. The van der Waals surface area contributed by atoms with Crippen LogP contribution in [0.4, 0.5) is 0 Å². The first-order valence-corrected chi connectivity index (χ1v) is 5.37. The fraction of sp³-hybridized carbons (Fsp3) is 0.462. The summed E-state index contributed by atoms with van der Waals surface area (Å²) in [4.78, 5) is 11.1. The van der Waals surface area contributed by atoms with Crippen LogP contribution in [-0.4, -0.2) is 11.9 Å². The lowest BCUT2D eigenvalue weighted by atomic mass is 10.1. The summed E-state index contributed by atoms with van der Waals surface area (Å²) in [6.45, 7) is 9.49. The highest BCUT2D eigenvalue weighted by Crippen LogP contribution is 2.07. The van der Waals surface area contributed by atoms with Gasteiger partial charge in [0.2, 0.25) is 5.91 Å². The Labute approximate surface area is 92.8 Å². The van der Waals surface area contributed by atoms with Gasteiger partial charge in [0.1, 0.15) is 0 Å². The molecule has 0 aliphatic heterocycles. The van der Waals surface area contributed by atoms with E-state index in [9.17, 15) is 4.79 Å². The van der Waals surface area contributed by atoms with Gasteiger partial charge in [-0.25, -0.2) is 0 Å². The van der Waals surface area contributed by atoms with E-state index in [2.05, 4.69) is 18.0 Å². The normalized spacial score (nSPS) is 13.9.